The highest BCUT2D eigenvalue weighted by Gasteiger charge is 2.38. The van der Waals surface area contributed by atoms with Crippen molar-refractivity contribution >= 4 is 29.6 Å². The number of benzene rings is 3. The minimum atomic E-state index is -1.28. The van der Waals surface area contributed by atoms with Crippen molar-refractivity contribution in [3.63, 3.8) is 0 Å². The van der Waals surface area contributed by atoms with Gasteiger partial charge in [0.25, 0.3) is 5.91 Å². The van der Waals surface area contributed by atoms with Gasteiger partial charge in [-0.05, 0) is 34.9 Å². The molecule has 0 aliphatic heterocycles. The number of carbonyl (C=O) groups excluding carboxylic acids is 3. The monoisotopic (exact) mass is 612 g/mol. The van der Waals surface area contributed by atoms with E-state index >= 15 is 0 Å². The summed E-state index contributed by atoms with van der Waals surface area (Å²) in [6, 6.07) is 30.0. The van der Waals surface area contributed by atoms with Gasteiger partial charge in [-0.2, -0.15) is 5.10 Å². The molecule has 11 heteroatoms. The second-order valence-corrected chi connectivity index (χ2v) is 11.8. The smallest absolute Gasteiger partial charge is 0.405 e. The third-order valence-corrected chi connectivity index (χ3v) is 7.59. The van der Waals surface area contributed by atoms with Crippen molar-refractivity contribution in [2.75, 3.05) is 10.6 Å². The third kappa shape index (κ3) is 7.80. The van der Waals surface area contributed by atoms with Gasteiger partial charge in [0.05, 0.1) is 6.20 Å². The van der Waals surface area contributed by atoms with E-state index in [1.165, 1.54) is 6.20 Å². The van der Waals surface area contributed by atoms with Gasteiger partial charge in [-0.15, -0.1) is 0 Å². The molecule has 0 saturated carbocycles. The zero-order chi connectivity index (χ0) is 32.6. The number of nitrogens with one attached hydrogen (secondary N) is 2. The topological polar surface area (TPSA) is 164 Å². The van der Waals surface area contributed by atoms with Gasteiger partial charge in [0, 0.05) is 7.05 Å². The van der Waals surface area contributed by atoms with E-state index in [1.807, 2.05) is 112 Å². The maximum Gasteiger partial charge on any atom is 0.405 e. The van der Waals surface area contributed by atoms with Crippen LogP contribution in [-0.4, -0.2) is 40.1 Å². The van der Waals surface area contributed by atoms with E-state index in [9.17, 15) is 14.4 Å². The Bertz CT molecular complexity index is 1490. The SMILES string of the molecule is Cn1ncc(NC(=O)[C@H](CCC(OC(N)=O)C(C)(C)C)OC(N)=O)c1NC(c1ccccc1)(c1ccccc1)c1ccccc1. The number of aromatic nitrogens is 2. The first-order valence-corrected chi connectivity index (χ1v) is 14.6. The molecule has 4 rings (SSSR count). The Morgan fingerprint density at radius 1 is 0.778 bits per heavy atom. The number of aryl methyl sites for hydroxylation is 1. The highest BCUT2D eigenvalue weighted by atomic mass is 16.6. The summed E-state index contributed by atoms with van der Waals surface area (Å²) in [6.07, 6.45) is -2.24. The van der Waals surface area contributed by atoms with Gasteiger partial charge in [-0.25, -0.2) is 9.59 Å². The predicted octanol–water partition coefficient (Wildman–Crippen LogP) is 5.52. The summed E-state index contributed by atoms with van der Waals surface area (Å²) in [6.45, 7) is 5.62. The summed E-state index contributed by atoms with van der Waals surface area (Å²) in [5.41, 5.74) is 12.4. The van der Waals surface area contributed by atoms with Gasteiger partial charge in [0.2, 0.25) is 0 Å². The zero-order valence-corrected chi connectivity index (χ0v) is 25.9. The minimum Gasteiger partial charge on any atom is -0.446 e. The standard InChI is InChI=1S/C34H40N6O5/c1-33(2,3)28(45-32(36)43)21-20-27(44-31(35)42)30(41)38-26-22-37-40(4)29(26)39-34(23-14-8-5-9-15-23,24-16-10-6-11-17-24)25-18-12-7-13-19-25/h5-19,22,27-28,39H,20-21H2,1-4H3,(H2,35,42)(H2,36,43)(H,38,41)/t27-,28?/m0/s1. The molecule has 2 atom stereocenters. The lowest BCUT2D eigenvalue weighted by Gasteiger charge is -2.38. The van der Waals surface area contributed by atoms with Gasteiger partial charge in [-0.3, -0.25) is 9.48 Å². The van der Waals surface area contributed by atoms with E-state index in [4.69, 9.17) is 20.9 Å². The van der Waals surface area contributed by atoms with E-state index in [0.29, 0.717) is 11.5 Å². The molecule has 0 aliphatic rings. The summed E-state index contributed by atoms with van der Waals surface area (Å²) < 4.78 is 12.1. The van der Waals surface area contributed by atoms with Crippen molar-refractivity contribution in [1.29, 1.82) is 0 Å². The zero-order valence-electron chi connectivity index (χ0n) is 25.9. The number of primary amides is 2. The predicted molar refractivity (Wildman–Crippen MR) is 172 cm³/mol. The second-order valence-electron chi connectivity index (χ2n) is 11.8. The first kappa shape index (κ1) is 32.6. The summed E-state index contributed by atoms with van der Waals surface area (Å²) in [7, 11) is 1.76. The number of hydrogen-bond acceptors (Lipinski definition) is 7. The summed E-state index contributed by atoms with van der Waals surface area (Å²) in [5, 5.41) is 11.0. The largest absolute Gasteiger partial charge is 0.446 e. The highest BCUT2D eigenvalue weighted by molar-refractivity contribution is 5.97. The summed E-state index contributed by atoms with van der Waals surface area (Å²) in [5.74, 6) is -0.122. The number of ether oxygens (including phenoxy) is 2. The quantitative estimate of drug-likeness (QED) is 0.153. The number of hydrogen-bond donors (Lipinski definition) is 4. The van der Waals surface area contributed by atoms with E-state index < -0.39 is 41.3 Å². The van der Waals surface area contributed by atoms with E-state index in [1.54, 1.807) is 11.7 Å². The van der Waals surface area contributed by atoms with Gasteiger partial charge < -0.3 is 31.6 Å². The van der Waals surface area contributed by atoms with Crippen LogP contribution in [0.15, 0.2) is 97.2 Å². The Labute approximate surface area is 262 Å². The molecule has 0 radical (unpaired) electrons. The number of anilines is 2. The van der Waals surface area contributed by atoms with Crippen LogP contribution in [0.4, 0.5) is 21.1 Å². The summed E-state index contributed by atoms with van der Waals surface area (Å²) in [4.78, 5) is 36.9. The highest BCUT2D eigenvalue weighted by Crippen LogP contribution is 2.41. The van der Waals surface area contributed by atoms with Crippen LogP contribution in [0.1, 0.15) is 50.3 Å². The molecule has 45 heavy (non-hydrogen) atoms. The van der Waals surface area contributed by atoms with Crippen LogP contribution in [0.5, 0.6) is 0 Å². The lowest BCUT2D eigenvalue weighted by molar-refractivity contribution is -0.124. The molecule has 4 aromatic rings. The average molecular weight is 613 g/mol. The van der Waals surface area contributed by atoms with E-state index in [-0.39, 0.29) is 12.8 Å². The second kappa shape index (κ2) is 14.0. The molecule has 3 aromatic carbocycles. The van der Waals surface area contributed by atoms with Crippen LogP contribution < -0.4 is 22.1 Å². The van der Waals surface area contributed by atoms with Crippen LogP contribution >= 0.6 is 0 Å². The maximum absolute atomic E-state index is 13.6. The molecule has 0 aliphatic carbocycles. The fourth-order valence-electron chi connectivity index (χ4n) is 5.34. The number of amides is 3. The Hall–Kier alpha value is -5.32. The van der Waals surface area contributed by atoms with Crippen molar-refractivity contribution < 1.29 is 23.9 Å². The molecule has 0 spiro atoms. The fourth-order valence-corrected chi connectivity index (χ4v) is 5.34. The Kier molecular flexibility index (Phi) is 10.1. The minimum absolute atomic E-state index is 0.0228. The third-order valence-electron chi connectivity index (χ3n) is 7.59. The molecule has 0 bridgehead atoms. The molecular weight excluding hydrogens is 572 g/mol. The fraction of sp³-hybridized carbons (Fsp3) is 0.294. The molecule has 6 N–H and O–H groups in total. The Morgan fingerprint density at radius 2 is 1.24 bits per heavy atom. The maximum atomic E-state index is 13.6. The van der Waals surface area contributed by atoms with Crippen molar-refractivity contribution in [3.8, 4) is 0 Å². The Morgan fingerprint density at radius 3 is 1.67 bits per heavy atom. The molecule has 0 fully saturated rings. The van der Waals surface area contributed by atoms with Crippen molar-refractivity contribution in [3.05, 3.63) is 114 Å². The molecular formula is C34H40N6O5. The lowest BCUT2D eigenvalue weighted by Crippen LogP contribution is -2.40. The first-order chi connectivity index (χ1) is 21.4. The normalized spacial score (nSPS) is 12.9. The molecule has 1 unspecified atom stereocenters. The molecule has 1 aromatic heterocycles. The molecule has 11 nitrogen and oxygen atoms in total. The molecule has 1 heterocycles. The first-order valence-electron chi connectivity index (χ1n) is 14.6. The van der Waals surface area contributed by atoms with Gasteiger partial charge in [-0.1, -0.05) is 112 Å². The number of nitrogens with zero attached hydrogens (tertiary/aromatic N) is 2. The average Bonchev–Trinajstić information content (AvgIpc) is 3.35. The van der Waals surface area contributed by atoms with Gasteiger partial charge >= 0.3 is 12.2 Å². The molecule has 3 amide bonds. The van der Waals surface area contributed by atoms with Crippen molar-refractivity contribution in [2.45, 2.75) is 51.4 Å². The van der Waals surface area contributed by atoms with Crippen molar-refractivity contribution in [1.82, 2.24) is 9.78 Å². The van der Waals surface area contributed by atoms with E-state index in [2.05, 4.69) is 15.7 Å². The van der Waals surface area contributed by atoms with Crippen LogP contribution in [0.2, 0.25) is 0 Å². The van der Waals surface area contributed by atoms with Crippen LogP contribution in [-0.2, 0) is 26.9 Å². The van der Waals surface area contributed by atoms with Crippen molar-refractivity contribution in [2.24, 2.45) is 23.9 Å². The molecule has 0 saturated heterocycles. The van der Waals surface area contributed by atoms with Gasteiger partial charge in [0.1, 0.15) is 23.1 Å². The number of rotatable bonds is 12. The Balaban J connectivity index is 1.72. The number of carbonyl (C=O) groups is 3. The van der Waals surface area contributed by atoms with E-state index in [0.717, 1.165) is 16.7 Å². The van der Waals surface area contributed by atoms with Gasteiger partial charge in [0.15, 0.2) is 6.10 Å². The van der Waals surface area contributed by atoms with Crippen LogP contribution in [0.3, 0.4) is 0 Å². The summed E-state index contributed by atoms with van der Waals surface area (Å²) >= 11 is 0. The molecule has 236 valence electrons. The van der Waals surface area contributed by atoms with Crippen LogP contribution in [0, 0.1) is 5.41 Å². The lowest BCUT2D eigenvalue weighted by atomic mass is 9.77. The number of nitrogens with two attached hydrogens (primary N) is 2. The van der Waals surface area contributed by atoms with Crippen LogP contribution in [0.25, 0.3) is 0 Å².